The molecule has 23 heavy (non-hydrogen) atoms. The molecule has 0 spiro atoms. The van der Waals surface area contributed by atoms with E-state index in [9.17, 15) is 9.90 Å². The third kappa shape index (κ3) is 4.55. The summed E-state index contributed by atoms with van der Waals surface area (Å²) >= 11 is 1.34. The fourth-order valence-electron chi connectivity index (χ4n) is 1.66. The van der Waals surface area contributed by atoms with Crippen LogP contribution >= 0.6 is 11.8 Å². The number of thioether (sulfide) groups is 1. The fourth-order valence-corrected chi connectivity index (χ4v) is 2.00. The highest BCUT2D eigenvalue weighted by molar-refractivity contribution is 7.98. The lowest BCUT2D eigenvalue weighted by Crippen LogP contribution is -2.06. The normalized spacial score (nSPS) is 11.2. The number of hydrogen-bond acceptors (Lipinski definition) is 7. The van der Waals surface area contributed by atoms with Crippen LogP contribution in [0.25, 0.3) is 0 Å². The van der Waals surface area contributed by atoms with E-state index in [2.05, 4.69) is 20.3 Å². The van der Waals surface area contributed by atoms with Gasteiger partial charge in [-0.25, -0.2) is 14.8 Å². The number of aliphatic imine (C=N–C) groups is 1. The highest BCUT2D eigenvalue weighted by Crippen LogP contribution is 2.23. The number of carbonyl (C=O) groups is 1. The van der Waals surface area contributed by atoms with E-state index >= 15 is 0 Å². The Morgan fingerprint density at radius 3 is 2.74 bits per heavy atom. The molecular formula is C15H15N5O2S. The van der Waals surface area contributed by atoms with Gasteiger partial charge in [-0.2, -0.15) is 0 Å². The second-order valence-corrected chi connectivity index (χ2v) is 5.03. The third-order valence-corrected chi connectivity index (χ3v) is 3.29. The molecule has 118 valence electrons. The highest BCUT2D eigenvalue weighted by Gasteiger charge is 2.13. The Hall–Kier alpha value is -2.87. The number of allylic oxidation sites excluding steroid dienone is 1. The van der Waals surface area contributed by atoms with E-state index in [-0.39, 0.29) is 11.4 Å². The molecule has 0 fully saturated rings. The Labute approximate surface area is 137 Å². The summed E-state index contributed by atoms with van der Waals surface area (Å²) in [6, 6.07) is 7.15. The number of carboxylic acids is 1. The molecule has 1 aromatic carbocycles. The van der Waals surface area contributed by atoms with Crippen LogP contribution in [0.2, 0.25) is 0 Å². The number of anilines is 2. The first kappa shape index (κ1) is 16.5. The van der Waals surface area contributed by atoms with Crippen LogP contribution in [0, 0.1) is 0 Å². The van der Waals surface area contributed by atoms with Gasteiger partial charge in [0.15, 0.2) is 5.16 Å². The number of nitrogens with one attached hydrogen (secondary N) is 1. The maximum Gasteiger partial charge on any atom is 0.341 e. The van der Waals surface area contributed by atoms with Crippen LogP contribution < -0.4 is 11.1 Å². The number of aromatic carboxylic acids is 1. The van der Waals surface area contributed by atoms with Crippen molar-refractivity contribution in [1.29, 1.82) is 0 Å². The monoisotopic (exact) mass is 329 g/mol. The first-order chi connectivity index (χ1) is 11.1. The van der Waals surface area contributed by atoms with Gasteiger partial charge >= 0.3 is 5.97 Å². The van der Waals surface area contributed by atoms with Crippen LogP contribution in [0.5, 0.6) is 0 Å². The third-order valence-electron chi connectivity index (χ3n) is 2.73. The number of nitrogens with zero attached hydrogens (tertiary/aromatic N) is 3. The molecule has 0 aliphatic rings. The molecule has 0 unspecified atom stereocenters. The zero-order valence-electron chi connectivity index (χ0n) is 12.3. The summed E-state index contributed by atoms with van der Waals surface area (Å²) in [6.07, 6.45) is 7.71. The van der Waals surface area contributed by atoms with Gasteiger partial charge in [0.25, 0.3) is 0 Å². The van der Waals surface area contributed by atoms with Crippen LogP contribution in [0.4, 0.5) is 17.2 Å². The zero-order valence-corrected chi connectivity index (χ0v) is 13.1. The Morgan fingerprint density at radius 2 is 2.13 bits per heavy atom. The quantitative estimate of drug-likeness (QED) is 0.424. The van der Waals surface area contributed by atoms with Crippen LogP contribution in [0.15, 0.2) is 52.9 Å². The zero-order chi connectivity index (χ0) is 16.7. The maximum atomic E-state index is 11.2. The summed E-state index contributed by atoms with van der Waals surface area (Å²) in [7, 11) is 0. The van der Waals surface area contributed by atoms with Gasteiger partial charge in [0.2, 0.25) is 0 Å². The number of aromatic nitrogens is 2. The minimum Gasteiger partial charge on any atom is -0.477 e. The van der Waals surface area contributed by atoms with Gasteiger partial charge in [-0.1, -0.05) is 11.8 Å². The van der Waals surface area contributed by atoms with Gasteiger partial charge in [-0.15, -0.1) is 0 Å². The largest absolute Gasteiger partial charge is 0.477 e. The summed E-state index contributed by atoms with van der Waals surface area (Å²) in [5.41, 5.74) is 6.68. The molecule has 2 aromatic rings. The molecule has 4 N–H and O–H groups in total. The minimum atomic E-state index is -1.09. The molecule has 1 heterocycles. The smallest absolute Gasteiger partial charge is 0.341 e. The van der Waals surface area contributed by atoms with Crippen LogP contribution in [-0.4, -0.2) is 33.5 Å². The van der Waals surface area contributed by atoms with Gasteiger partial charge < -0.3 is 16.2 Å². The van der Waals surface area contributed by atoms with Crippen molar-refractivity contribution < 1.29 is 9.90 Å². The first-order valence-corrected chi connectivity index (χ1v) is 7.79. The predicted octanol–water partition coefficient (Wildman–Crippen LogP) is 2.82. The SMILES string of the molecule is CSc1ncc(C(=O)O)c(Nc2ccc(N=CC=CN)cc2)n1. The molecule has 0 saturated carbocycles. The second-order valence-electron chi connectivity index (χ2n) is 4.26. The first-order valence-electron chi connectivity index (χ1n) is 6.56. The second kappa shape index (κ2) is 7.95. The summed E-state index contributed by atoms with van der Waals surface area (Å²) < 4.78 is 0. The van der Waals surface area contributed by atoms with E-state index in [4.69, 9.17) is 5.73 Å². The Balaban J connectivity index is 2.23. The molecule has 0 radical (unpaired) electrons. The molecule has 0 amide bonds. The van der Waals surface area contributed by atoms with Crippen molar-refractivity contribution in [1.82, 2.24) is 9.97 Å². The Kier molecular flexibility index (Phi) is 5.70. The van der Waals surface area contributed by atoms with Gasteiger partial charge in [0, 0.05) is 18.1 Å². The van der Waals surface area contributed by atoms with Crippen molar-refractivity contribution in [2.75, 3.05) is 11.6 Å². The van der Waals surface area contributed by atoms with Crippen LogP contribution in [0.1, 0.15) is 10.4 Å². The summed E-state index contributed by atoms with van der Waals surface area (Å²) in [4.78, 5) is 23.6. The lowest BCUT2D eigenvalue weighted by atomic mass is 10.2. The van der Waals surface area contributed by atoms with Gasteiger partial charge in [0.05, 0.1) is 5.69 Å². The summed E-state index contributed by atoms with van der Waals surface area (Å²) in [5.74, 6) is -0.839. The van der Waals surface area contributed by atoms with E-state index < -0.39 is 5.97 Å². The average Bonchev–Trinajstić information content (AvgIpc) is 2.56. The molecule has 0 bridgehead atoms. The molecule has 7 nitrogen and oxygen atoms in total. The number of rotatable bonds is 6. The highest BCUT2D eigenvalue weighted by atomic mass is 32.2. The van der Waals surface area contributed by atoms with Crippen LogP contribution in [-0.2, 0) is 0 Å². The van der Waals surface area contributed by atoms with Crippen molar-refractivity contribution in [2.45, 2.75) is 5.16 Å². The van der Waals surface area contributed by atoms with Crippen molar-refractivity contribution in [3.05, 3.63) is 48.3 Å². The maximum absolute atomic E-state index is 11.2. The average molecular weight is 329 g/mol. The fraction of sp³-hybridized carbons (Fsp3) is 0.0667. The lowest BCUT2D eigenvalue weighted by molar-refractivity contribution is 0.0697. The number of hydrogen-bond donors (Lipinski definition) is 3. The van der Waals surface area contributed by atoms with E-state index in [1.807, 2.05) is 6.26 Å². The van der Waals surface area contributed by atoms with E-state index in [1.165, 1.54) is 24.2 Å². The molecule has 0 atom stereocenters. The standard InChI is InChI=1S/C15H15N5O2S/c1-23-15-18-9-12(14(21)22)13(20-15)19-11-5-3-10(4-6-11)17-8-2-7-16/h2-9H,16H2,1H3,(H,21,22)(H,18,19,20). The van der Waals surface area contributed by atoms with Gasteiger partial charge in [0.1, 0.15) is 11.4 Å². The number of benzene rings is 1. The van der Waals surface area contributed by atoms with Gasteiger partial charge in [-0.05, 0) is 42.8 Å². The predicted molar refractivity (Wildman–Crippen MR) is 92.0 cm³/mol. The van der Waals surface area contributed by atoms with Crippen molar-refractivity contribution >= 4 is 41.1 Å². The molecule has 0 aliphatic heterocycles. The number of carboxylic acid groups (broad SMARTS) is 1. The molecule has 0 aliphatic carbocycles. The molecule has 1 aromatic heterocycles. The van der Waals surface area contributed by atoms with Crippen molar-refractivity contribution in [3.63, 3.8) is 0 Å². The molecule has 8 heteroatoms. The summed E-state index contributed by atoms with van der Waals surface area (Å²) in [6.45, 7) is 0. The molecular weight excluding hydrogens is 314 g/mol. The van der Waals surface area contributed by atoms with E-state index in [0.717, 1.165) is 5.69 Å². The van der Waals surface area contributed by atoms with E-state index in [0.29, 0.717) is 10.8 Å². The minimum absolute atomic E-state index is 0.0120. The van der Waals surface area contributed by atoms with Crippen molar-refractivity contribution in [2.24, 2.45) is 10.7 Å². The van der Waals surface area contributed by atoms with Gasteiger partial charge in [-0.3, -0.25) is 4.99 Å². The molecule has 0 saturated heterocycles. The van der Waals surface area contributed by atoms with E-state index in [1.54, 1.807) is 36.6 Å². The Bertz CT molecular complexity index is 744. The Morgan fingerprint density at radius 1 is 1.39 bits per heavy atom. The summed E-state index contributed by atoms with van der Waals surface area (Å²) in [5, 5.41) is 12.7. The topological polar surface area (TPSA) is 113 Å². The van der Waals surface area contributed by atoms with Crippen LogP contribution in [0.3, 0.4) is 0 Å². The van der Waals surface area contributed by atoms with Crippen molar-refractivity contribution in [3.8, 4) is 0 Å². The number of nitrogens with two attached hydrogens (primary N) is 1. The lowest BCUT2D eigenvalue weighted by Gasteiger charge is -2.09. The molecule has 2 rings (SSSR count).